The monoisotopic (exact) mass is 418 g/mol. The molecule has 0 aromatic heterocycles. The summed E-state index contributed by atoms with van der Waals surface area (Å²) in [6, 6.07) is 12.7. The molecule has 1 heterocycles. The number of carbonyl (C=O) groups excluding carboxylic acids is 3. The lowest BCUT2D eigenvalue weighted by atomic mass is 9.95. The molecular formula is C21H20ClFN2O4. The maximum absolute atomic E-state index is 13.7. The van der Waals surface area contributed by atoms with Crippen LogP contribution in [-0.4, -0.2) is 42.4 Å². The first-order valence-corrected chi connectivity index (χ1v) is 9.57. The molecule has 1 saturated heterocycles. The van der Waals surface area contributed by atoms with Crippen LogP contribution in [0.1, 0.15) is 23.2 Å². The zero-order chi connectivity index (χ0) is 20.8. The third-order valence-corrected chi connectivity index (χ3v) is 4.97. The number of carbonyl (C=O) groups is 3. The Morgan fingerprint density at radius 3 is 2.48 bits per heavy atom. The molecule has 0 aliphatic carbocycles. The number of hydrogen-bond acceptors (Lipinski definition) is 4. The van der Waals surface area contributed by atoms with E-state index in [0.29, 0.717) is 25.9 Å². The van der Waals surface area contributed by atoms with Gasteiger partial charge in [-0.05, 0) is 43.2 Å². The number of amides is 2. The minimum Gasteiger partial charge on any atom is -0.452 e. The SMILES string of the molecule is O=C(OCC(=O)N1CCC(C(=O)Nc2ccccc2)CC1)c1cc(Cl)ccc1F. The van der Waals surface area contributed by atoms with Gasteiger partial charge in [-0.15, -0.1) is 0 Å². The van der Waals surface area contributed by atoms with Crippen molar-refractivity contribution in [1.29, 1.82) is 0 Å². The summed E-state index contributed by atoms with van der Waals surface area (Å²) in [5.41, 5.74) is 0.415. The van der Waals surface area contributed by atoms with Gasteiger partial charge in [-0.2, -0.15) is 0 Å². The molecule has 8 heteroatoms. The maximum atomic E-state index is 13.7. The first kappa shape index (κ1) is 20.8. The lowest BCUT2D eigenvalue weighted by molar-refractivity contribution is -0.137. The van der Waals surface area contributed by atoms with Gasteiger partial charge >= 0.3 is 5.97 Å². The van der Waals surface area contributed by atoms with Gasteiger partial charge in [-0.1, -0.05) is 29.8 Å². The number of anilines is 1. The highest BCUT2D eigenvalue weighted by Gasteiger charge is 2.28. The van der Waals surface area contributed by atoms with Crippen LogP contribution in [-0.2, 0) is 14.3 Å². The lowest BCUT2D eigenvalue weighted by Crippen LogP contribution is -2.43. The van der Waals surface area contributed by atoms with Gasteiger partial charge in [0, 0.05) is 29.7 Å². The normalized spacial score (nSPS) is 14.3. The van der Waals surface area contributed by atoms with Crippen molar-refractivity contribution in [3.8, 4) is 0 Å². The zero-order valence-corrected chi connectivity index (χ0v) is 16.3. The maximum Gasteiger partial charge on any atom is 0.341 e. The van der Waals surface area contributed by atoms with Crippen molar-refractivity contribution in [2.24, 2.45) is 5.92 Å². The molecular weight excluding hydrogens is 399 g/mol. The van der Waals surface area contributed by atoms with Gasteiger partial charge in [0.05, 0.1) is 5.56 Å². The van der Waals surface area contributed by atoms with Gasteiger partial charge in [0.15, 0.2) is 6.61 Å². The highest BCUT2D eigenvalue weighted by Crippen LogP contribution is 2.20. The van der Waals surface area contributed by atoms with E-state index in [1.165, 1.54) is 11.0 Å². The summed E-state index contributed by atoms with van der Waals surface area (Å²) in [6.45, 7) is 0.273. The molecule has 0 saturated carbocycles. The molecule has 1 fully saturated rings. The second-order valence-corrected chi connectivity index (χ2v) is 7.15. The number of para-hydroxylation sites is 1. The number of likely N-dealkylation sites (tertiary alicyclic amines) is 1. The molecule has 1 aliphatic rings. The average Bonchev–Trinajstić information content (AvgIpc) is 2.74. The number of benzene rings is 2. The standard InChI is InChI=1S/C21H20ClFN2O4/c22-15-6-7-18(23)17(12-15)21(28)29-13-19(26)25-10-8-14(9-11-25)20(27)24-16-4-2-1-3-5-16/h1-7,12,14H,8-11,13H2,(H,24,27). The molecule has 0 spiro atoms. The number of nitrogens with one attached hydrogen (secondary N) is 1. The van der Waals surface area contributed by atoms with Crippen molar-refractivity contribution < 1.29 is 23.5 Å². The fourth-order valence-corrected chi connectivity index (χ4v) is 3.28. The van der Waals surface area contributed by atoms with Crippen LogP contribution in [0, 0.1) is 11.7 Å². The molecule has 0 radical (unpaired) electrons. The lowest BCUT2D eigenvalue weighted by Gasteiger charge is -2.31. The van der Waals surface area contributed by atoms with E-state index in [1.54, 1.807) is 0 Å². The third kappa shape index (κ3) is 5.54. The predicted octanol–water partition coefficient (Wildman–Crippen LogP) is 3.51. The Balaban J connectivity index is 1.45. The third-order valence-electron chi connectivity index (χ3n) is 4.73. The molecule has 2 amide bonds. The summed E-state index contributed by atoms with van der Waals surface area (Å²) < 4.78 is 18.6. The van der Waals surface area contributed by atoms with E-state index in [4.69, 9.17) is 16.3 Å². The quantitative estimate of drug-likeness (QED) is 0.754. The fourth-order valence-electron chi connectivity index (χ4n) is 3.11. The summed E-state index contributed by atoms with van der Waals surface area (Å²) in [7, 11) is 0. The number of halogens is 2. The van der Waals surface area contributed by atoms with Crippen molar-refractivity contribution in [2.45, 2.75) is 12.8 Å². The average molecular weight is 419 g/mol. The number of piperidine rings is 1. The molecule has 0 atom stereocenters. The molecule has 1 aliphatic heterocycles. The van der Waals surface area contributed by atoms with E-state index < -0.39 is 18.4 Å². The molecule has 2 aromatic rings. The van der Waals surface area contributed by atoms with Crippen LogP contribution in [0.25, 0.3) is 0 Å². The van der Waals surface area contributed by atoms with Crippen molar-refractivity contribution in [1.82, 2.24) is 4.90 Å². The number of nitrogens with zero attached hydrogens (tertiary/aromatic N) is 1. The van der Waals surface area contributed by atoms with Crippen molar-refractivity contribution in [2.75, 3.05) is 25.0 Å². The number of esters is 1. The molecule has 0 bridgehead atoms. The molecule has 29 heavy (non-hydrogen) atoms. The molecule has 2 aromatic carbocycles. The summed E-state index contributed by atoms with van der Waals surface area (Å²) >= 11 is 5.75. The Morgan fingerprint density at radius 1 is 1.10 bits per heavy atom. The van der Waals surface area contributed by atoms with Gasteiger partial charge < -0.3 is 15.0 Å². The van der Waals surface area contributed by atoms with Crippen LogP contribution >= 0.6 is 11.6 Å². The Hall–Kier alpha value is -2.93. The minimum absolute atomic E-state index is 0.0776. The van der Waals surface area contributed by atoms with Gasteiger partial charge in [-0.3, -0.25) is 9.59 Å². The van der Waals surface area contributed by atoms with Crippen molar-refractivity contribution in [3.63, 3.8) is 0 Å². The Bertz CT molecular complexity index is 899. The van der Waals surface area contributed by atoms with Gasteiger partial charge in [0.25, 0.3) is 5.91 Å². The highest BCUT2D eigenvalue weighted by atomic mass is 35.5. The van der Waals surface area contributed by atoms with E-state index in [2.05, 4.69) is 5.32 Å². The van der Waals surface area contributed by atoms with E-state index in [1.807, 2.05) is 30.3 Å². The summed E-state index contributed by atoms with van der Waals surface area (Å²) in [5, 5.41) is 3.06. The zero-order valence-electron chi connectivity index (χ0n) is 15.6. The second kappa shape index (κ2) is 9.52. The Kier molecular flexibility index (Phi) is 6.82. The van der Waals surface area contributed by atoms with Crippen LogP contribution in [0.3, 0.4) is 0 Å². The Labute approximate surface area is 172 Å². The van der Waals surface area contributed by atoms with Crippen LogP contribution in [0.2, 0.25) is 5.02 Å². The summed E-state index contributed by atoms with van der Waals surface area (Å²) in [4.78, 5) is 38.1. The van der Waals surface area contributed by atoms with E-state index >= 15 is 0 Å². The first-order chi connectivity index (χ1) is 13.9. The van der Waals surface area contributed by atoms with Crippen LogP contribution in [0.5, 0.6) is 0 Å². The molecule has 0 unspecified atom stereocenters. The summed E-state index contributed by atoms with van der Waals surface area (Å²) in [6.07, 6.45) is 1.03. The van der Waals surface area contributed by atoms with Crippen LogP contribution < -0.4 is 5.32 Å². The molecule has 1 N–H and O–H groups in total. The summed E-state index contributed by atoms with van der Waals surface area (Å²) in [5.74, 6) is -2.37. The first-order valence-electron chi connectivity index (χ1n) is 9.20. The highest BCUT2D eigenvalue weighted by molar-refractivity contribution is 6.30. The fraction of sp³-hybridized carbons (Fsp3) is 0.286. The van der Waals surface area contributed by atoms with E-state index in [9.17, 15) is 18.8 Å². The predicted molar refractivity (Wildman–Crippen MR) is 106 cm³/mol. The van der Waals surface area contributed by atoms with Crippen molar-refractivity contribution in [3.05, 3.63) is 64.9 Å². The largest absolute Gasteiger partial charge is 0.452 e. The van der Waals surface area contributed by atoms with Gasteiger partial charge in [-0.25, -0.2) is 9.18 Å². The van der Waals surface area contributed by atoms with E-state index in [-0.39, 0.29) is 28.3 Å². The second-order valence-electron chi connectivity index (χ2n) is 6.71. The molecule has 3 rings (SSSR count). The number of hydrogen-bond donors (Lipinski definition) is 1. The molecule has 6 nitrogen and oxygen atoms in total. The van der Waals surface area contributed by atoms with Gasteiger partial charge in [0.2, 0.25) is 5.91 Å². The molecule has 152 valence electrons. The van der Waals surface area contributed by atoms with E-state index in [0.717, 1.165) is 17.8 Å². The smallest absolute Gasteiger partial charge is 0.341 e. The van der Waals surface area contributed by atoms with Crippen molar-refractivity contribution >= 4 is 35.1 Å². The van der Waals surface area contributed by atoms with Gasteiger partial charge in [0.1, 0.15) is 5.82 Å². The van der Waals surface area contributed by atoms with Crippen LogP contribution in [0.15, 0.2) is 48.5 Å². The topological polar surface area (TPSA) is 75.7 Å². The number of ether oxygens (including phenoxy) is 1. The number of rotatable bonds is 5. The minimum atomic E-state index is -0.949. The Morgan fingerprint density at radius 2 is 1.79 bits per heavy atom. The van der Waals surface area contributed by atoms with Crippen LogP contribution in [0.4, 0.5) is 10.1 Å².